The van der Waals surface area contributed by atoms with E-state index in [2.05, 4.69) is 9.97 Å². The van der Waals surface area contributed by atoms with Crippen LogP contribution in [0.5, 0.6) is 0 Å². The fraction of sp³-hybridized carbons (Fsp3) is 0.556. The van der Waals surface area contributed by atoms with Crippen LogP contribution >= 0.6 is 11.8 Å². The zero-order valence-corrected chi connectivity index (χ0v) is 11.0. The average Bonchev–Trinajstić information content (AvgIpc) is 2.28. The van der Waals surface area contributed by atoms with E-state index in [1.54, 1.807) is 16.7 Å². The minimum atomic E-state index is -3.16. The standard InChI is InChI=1S/C9H14N4O2S2/c1-17(14,15)7-6-16-5-4-13(7)9-8(10)11-2-3-12-9/h2-3,7H,4-6H2,1H3,(H2,10,11). The molecule has 0 aliphatic carbocycles. The Morgan fingerprint density at radius 2 is 2.18 bits per heavy atom. The third-order valence-corrected chi connectivity index (χ3v) is 5.20. The second kappa shape index (κ2) is 4.69. The molecule has 94 valence electrons. The Hall–Kier alpha value is -1.02. The van der Waals surface area contributed by atoms with Gasteiger partial charge in [-0.3, -0.25) is 0 Å². The smallest absolute Gasteiger partial charge is 0.172 e. The first-order valence-corrected chi connectivity index (χ1v) is 8.21. The predicted molar refractivity (Wildman–Crippen MR) is 69.7 cm³/mol. The number of hydrogen-bond acceptors (Lipinski definition) is 7. The number of nitrogens with two attached hydrogens (primary N) is 1. The van der Waals surface area contributed by atoms with Crippen LogP contribution in [0.15, 0.2) is 12.4 Å². The van der Waals surface area contributed by atoms with E-state index in [1.807, 2.05) is 0 Å². The van der Waals surface area contributed by atoms with Crippen molar-refractivity contribution in [2.24, 2.45) is 0 Å². The van der Waals surface area contributed by atoms with E-state index >= 15 is 0 Å². The maximum atomic E-state index is 11.7. The first-order chi connectivity index (χ1) is 8.00. The number of nitrogen functional groups attached to an aromatic ring is 1. The van der Waals surface area contributed by atoms with Gasteiger partial charge < -0.3 is 10.6 Å². The predicted octanol–water partition coefficient (Wildman–Crippen LogP) is -0.0173. The first kappa shape index (κ1) is 12.4. The number of aromatic nitrogens is 2. The molecule has 0 aromatic carbocycles. The van der Waals surface area contributed by atoms with E-state index in [4.69, 9.17) is 5.73 Å². The van der Waals surface area contributed by atoms with Gasteiger partial charge in [0.25, 0.3) is 0 Å². The maximum Gasteiger partial charge on any atom is 0.172 e. The summed E-state index contributed by atoms with van der Waals surface area (Å²) in [7, 11) is -3.16. The van der Waals surface area contributed by atoms with Crippen molar-refractivity contribution in [3.05, 3.63) is 12.4 Å². The van der Waals surface area contributed by atoms with Crippen LogP contribution in [0.3, 0.4) is 0 Å². The Morgan fingerprint density at radius 1 is 1.47 bits per heavy atom. The average molecular weight is 274 g/mol. The van der Waals surface area contributed by atoms with Gasteiger partial charge in [0.15, 0.2) is 21.5 Å². The number of anilines is 2. The molecule has 17 heavy (non-hydrogen) atoms. The molecule has 6 nitrogen and oxygen atoms in total. The summed E-state index contributed by atoms with van der Waals surface area (Å²) in [6.45, 7) is 0.616. The molecule has 2 heterocycles. The molecule has 0 saturated carbocycles. The number of hydrogen-bond donors (Lipinski definition) is 1. The van der Waals surface area contributed by atoms with Crippen molar-refractivity contribution in [3.8, 4) is 0 Å². The van der Waals surface area contributed by atoms with Crippen molar-refractivity contribution in [2.75, 3.05) is 34.9 Å². The molecule has 0 amide bonds. The SMILES string of the molecule is CS(=O)(=O)C1CSCCN1c1nccnc1N. The van der Waals surface area contributed by atoms with Gasteiger partial charge in [-0.05, 0) is 0 Å². The third kappa shape index (κ3) is 2.63. The van der Waals surface area contributed by atoms with E-state index in [0.717, 1.165) is 5.75 Å². The molecule has 8 heteroatoms. The minimum Gasteiger partial charge on any atom is -0.381 e. The number of sulfone groups is 1. The molecular weight excluding hydrogens is 260 g/mol. The second-order valence-corrected chi connectivity index (χ2v) is 7.17. The van der Waals surface area contributed by atoms with E-state index in [-0.39, 0.29) is 5.82 Å². The van der Waals surface area contributed by atoms with Gasteiger partial charge in [-0.15, -0.1) is 0 Å². The minimum absolute atomic E-state index is 0.271. The highest BCUT2D eigenvalue weighted by Crippen LogP contribution is 2.27. The summed E-state index contributed by atoms with van der Waals surface area (Å²) in [4.78, 5) is 9.80. The highest BCUT2D eigenvalue weighted by Gasteiger charge is 2.32. The molecule has 2 rings (SSSR count). The summed E-state index contributed by atoms with van der Waals surface area (Å²) in [6, 6.07) is 0. The van der Waals surface area contributed by atoms with Gasteiger partial charge in [0.2, 0.25) is 0 Å². The molecule has 0 spiro atoms. The molecule has 0 radical (unpaired) electrons. The molecular formula is C9H14N4O2S2. The van der Waals surface area contributed by atoms with Crippen LogP contribution < -0.4 is 10.6 Å². The lowest BCUT2D eigenvalue weighted by Gasteiger charge is -2.35. The zero-order valence-electron chi connectivity index (χ0n) is 9.41. The van der Waals surface area contributed by atoms with Gasteiger partial charge in [0.1, 0.15) is 5.37 Å². The third-order valence-electron chi connectivity index (χ3n) is 2.56. The fourth-order valence-electron chi connectivity index (χ4n) is 1.74. The molecule has 1 aliphatic rings. The van der Waals surface area contributed by atoms with Crippen molar-refractivity contribution in [3.63, 3.8) is 0 Å². The van der Waals surface area contributed by atoms with Crippen LogP contribution in [0.1, 0.15) is 0 Å². The van der Waals surface area contributed by atoms with E-state index in [1.165, 1.54) is 18.6 Å². The zero-order chi connectivity index (χ0) is 12.5. The van der Waals surface area contributed by atoms with Gasteiger partial charge in [-0.1, -0.05) is 0 Å². The summed E-state index contributed by atoms with van der Waals surface area (Å²) in [5.74, 6) is 2.13. The van der Waals surface area contributed by atoms with Gasteiger partial charge in [-0.2, -0.15) is 11.8 Å². The van der Waals surface area contributed by atoms with Gasteiger partial charge in [0, 0.05) is 36.7 Å². The normalized spacial score (nSPS) is 21.5. The molecule has 1 fully saturated rings. The van der Waals surface area contributed by atoms with Crippen LogP contribution in [0.25, 0.3) is 0 Å². The van der Waals surface area contributed by atoms with Gasteiger partial charge in [0.05, 0.1) is 0 Å². The first-order valence-electron chi connectivity index (χ1n) is 5.10. The molecule has 1 saturated heterocycles. The fourth-order valence-corrected chi connectivity index (χ4v) is 4.56. The Kier molecular flexibility index (Phi) is 3.43. The summed E-state index contributed by atoms with van der Waals surface area (Å²) in [5, 5.41) is -0.569. The number of nitrogens with zero attached hydrogens (tertiary/aromatic N) is 3. The van der Waals surface area contributed by atoms with Crippen molar-refractivity contribution < 1.29 is 8.42 Å². The Morgan fingerprint density at radius 3 is 2.82 bits per heavy atom. The largest absolute Gasteiger partial charge is 0.381 e. The Bertz CT molecular complexity index is 505. The maximum absolute atomic E-state index is 11.7. The monoisotopic (exact) mass is 274 g/mol. The lowest BCUT2D eigenvalue weighted by molar-refractivity contribution is 0.583. The number of rotatable bonds is 2. The van der Waals surface area contributed by atoms with Crippen molar-refractivity contribution >= 4 is 33.2 Å². The van der Waals surface area contributed by atoms with Crippen LogP contribution in [0.4, 0.5) is 11.6 Å². The van der Waals surface area contributed by atoms with Gasteiger partial charge >= 0.3 is 0 Å². The Balaban J connectivity index is 2.38. The second-order valence-electron chi connectivity index (χ2n) is 3.82. The molecule has 1 aliphatic heterocycles. The summed E-state index contributed by atoms with van der Waals surface area (Å²) < 4.78 is 23.5. The van der Waals surface area contributed by atoms with Gasteiger partial charge in [-0.25, -0.2) is 18.4 Å². The van der Waals surface area contributed by atoms with E-state index in [9.17, 15) is 8.42 Å². The summed E-state index contributed by atoms with van der Waals surface area (Å²) in [5.41, 5.74) is 5.74. The molecule has 1 unspecified atom stereocenters. The molecule has 1 aromatic heterocycles. The van der Waals surface area contributed by atoms with Crippen LogP contribution in [0, 0.1) is 0 Å². The van der Waals surface area contributed by atoms with E-state index in [0.29, 0.717) is 18.1 Å². The molecule has 1 atom stereocenters. The van der Waals surface area contributed by atoms with Crippen molar-refractivity contribution in [1.82, 2.24) is 9.97 Å². The Labute approximate surface area is 105 Å². The van der Waals surface area contributed by atoms with Crippen LogP contribution in [0.2, 0.25) is 0 Å². The highest BCUT2D eigenvalue weighted by atomic mass is 32.2. The molecule has 1 aromatic rings. The van der Waals surface area contributed by atoms with Crippen molar-refractivity contribution in [2.45, 2.75) is 5.37 Å². The lowest BCUT2D eigenvalue weighted by Crippen LogP contribution is -2.47. The quantitative estimate of drug-likeness (QED) is 0.810. The van der Waals surface area contributed by atoms with Crippen LogP contribution in [-0.4, -0.2) is 48.1 Å². The lowest BCUT2D eigenvalue weighted by atomic mass is 10.4. The highest BCUT2D eigenvalue weighted by molar-refractivity contribution is 8.01. The number of thioether (sulfide) groups is 1. The van der Waals surface area contributed by atoms with Crippen LogP contribution in [-0.2, 0) is 9.84 Å². The molecule has 2 N–H and O–H groups in total. The topological polar surface area (TPSA) is 89.2 Å². The van der Waals surface area contributed by atoms with Crippen molar-refractivity contribution in [1.29, 1.82) is 0 Å². The summed E-state index contributed by atoms with van der Waals surface area (Å²) >= 11 is 1.62. The summed E-state index contributed by atoms with van der Waals surface area (Å²) in [6.07, 6.45) is 4.25. The van der Waals surface area contributed by atoms with E-state index < -0.39 is 15.2 Å². The molecule has 0 bridgehead atoms.